The maximum absolute atomic E-state index is 13.9. The van der Waals surface area contributed by atoms with Crippen molar-refractivity contribution in [1.29, 1.82) is 0 Å². The van der Waals surface area contributed by atoms with Gasteiger partial charge in [0.2, 0.25) is 0 Å². The average Bonchev–Trinajstić information content (AvgIpc) is 2.32. The minimum Gasteiger partial charge on any atom is -0.370 e. The molecule has 20 heavy (non-hydrogen) atoms. The quantitative estimate of drug-likeness (QED) is 0.715. The zero-order chi connectivity index (χ0) is 14.0. The van der Waals surface area contributed by atoms with Gasteiger partial charge in [-0.15, -0.1) is 12.1 Å². The number of halogens is 4. The smallest absolute Gasteiger partial charge is 0.256 e. The standard InChI is InChI=1S/C14H10ClF3N.Y/c1-9-3-2-4-13(19(9)8-14(17)18)11-6-5-10(15)7-12(11)16;/h2-3,5-7,14H,1,8H2;/q-1;. The summed E-state index contributed by atoms with van der Waals surface area (Å²) in [7, 11) is 0. The average molecular weight is 374 g/mol. The van der Waals surface area contributed by atoms with Crippen molar-refractivity contribution in [3.63, 3.8) is 0 Å². The molecular weight excluding hydrogens is 364 g/mol. The van der Waals surface area contributed by atoms with Gasteiger partial charge in [0.1, 0.15) is 0 Å². The van der Waals surface area contributed by atoms with Crippen LogP contribution in [0.4, 0.5) is 13.2 Å². The van der Waals surface area contributed by atoms with Crippen molar-refractivity contribution >= 4 is 17.3 Å². The van der Waals surface area contributed by atoms with Crippen LogP contribution in [0.3, 0.4) is 0 Å². The van der Waals surface area contributed by atoms with Gasteiger partial charge in [0.05, 0.1) is 12.4 Å². The van der Waals surface area contributed by atoms with Crippen molar-refractivity contribution in [3.8, 4) is 0 Å². The Hall–Kier alpha value is -0.576. The number of nitrogens with zero attached hydrogens (tertiary/aromatic N) is 1. The Morgan fingerprint density at radius 1 is 1.35 bits per heavy atom. The van der Waals surface area contributed by atoms with Crippen LogP contribution in [0.5, 0.6) is 0 Å². The van der Waals surface area contributed by atoms with Crippen LogP contribution in [0.1, 0.15) is 5.56 Å². The molecule has 0 N–H and O–H groups in total. The third-order valence-corrected chi connectivity index (χ3v) is 2.85. The summed E-state index contributed by atoms with van der Waals surface area (Å²) in [6.45, 7) is 3.11. The molecule has 1 aliphatic rings. The number of rotatable bonds is 3. The van der Waals surface area contributed by atoms with Crippen molar-refractivity contribution < 1.29 is 45.9 Å². The zero-order valence-corrected chi connectivity index (χ0v) is 14.0. The van der Waals surface area contributed by atoms with E-state index in [4.69, 9.17) is 11.6 Å². The first-order valence-corrected chi connectivity index (χ1v) is 5.87. The van der Waals surface area contributed by atoms with Crippen molar-refractivity contribution in [3.05, 3.63) is 65.1 Å². The third kappa shape index (κ3) is 3.97. The van der Waals surface area contributed by atoms with Gasteiger partial charge in [0.15, 0.2) is 0 Å². The van der Waals surface area contributed by atoms with E-state index < -0.39 is 18.8 Å². The fourth-order valence-electron chi connectivity index (χ4n) is 1.78. The molecule has 6 heteroatoms. The van der Waals surface area contributed by atoms with E-state index in [0.717, 1.165) is 6.07 Å². The Bertz CT molecular complexity index is 570. The van der Waals surface area contributed by atoms with E-state index in [2.05, 4.69) is 12.7 Å². The molecule has 0 saturated carbocycles. The number of benzene rings is 1. The van der Waals surface area contributed by atoms with Gasteiger partial charge in [-0.2, -0.15) is 12.2 Å². The predicted octanol–water partition coefficient (Wildman–Crippen LogP) is 4.27. The van der Waals surface area contributed by atoms with Crippen LogP contribution in [-0.2, 0) is 32.7 Å². The molecule has 1 aliphatic heterocycles. The first kappa shape index (κ1) is 17.5. The van der Waals surface area contributed by atoms with Crippen LogP contribution in [-0.4, -0.2) is 17.9 Å². The van der Waals surface area contributed by atoms with Gasteiger partial charge < -0.3 is 4.90 Å². The van der Waals surface area contributed by atoms with Crippen LogP contribution in [0.25, 0.3) is 5.70 Å². The molecule has 0 saturated heterocycles. The van der Waals surface area contributed by atoms with Gasteiger partial charge in [-0.25, -0.2) is 13.2 Å². The molecule has 1 aromatic carbocycles. The summed E-state index contributed by atoms with van der Waals surface area (Å²) in [6, 6.07) is 4.06. The molecule has 0 spiro atoms. The molecule has 1 nitrogen and oxygen atoms in total. The summed E-state index contributed by atoms with van der Waals surface area (Å²) in [4.78, 5) is 1.23. The van der Waals surface area contributed by atoms with E-state index in [1.165, 1.54) is 23.1 Å². The van der Waals surface area contributed by atoms with Gasteiger partial charge in [-0.3, -0.25) is 0 Å². The van der Waals surface area contributed by atoms with Gasteiger partial charge in [0, 0.05) is 37.7 Å². The van der Waals surface area contributed by atoms with Gasteiger partial charge >= 0.3 is 0 Å². The van der Waals surface area contributed by atoms with Crippen LogP contribution < -0.4 is 0 Å². The Kier molecular flexibility index (Phi) is 6.50. The Morgan fingerprint density at radius 3 is 2.65 bits per heavy atom. The van der Waals surface area contributed by atoms with E-state index in [1.807, 2.05) is 0 Å². The van der Waals surface area contributed by atoms with E-state index >= 15 is 0 Å². The second kappa shape index (κ2) is 7.44. The van der Waals surface area contributed by atoms with Gasteiger partial charge in [0.25, 0.3) is 6.43 Å². The molecule has 0 atom stereocenters. The molecule has 0 aromatic heterocycles. The summed E-state index contributed by atoms with van der Waals surface area (Å²) < 4.78 is 39.0. The predicted molar refractivity (Wildman–Crippen MR) is 69.1 cm³/mol. The topological polar surface area (TPSA) is 3.24 Å². The van der Waals surface area contributed by atoms with Crippen molar-refractivity contribution in [1.82, 2.24) is 4.90 Å². The van der Waals surface area contributed by atoms with Crippen LogP contribution in [0.15, 0.2) is 42.6 Å². The second-order valence-electron chi connectivity index (χ2n) is 3.94. The number of hydrogen-bond donors (Lipinski definition) is 0. The minimum absolute atomic E-state index is 0. The summed E-state index contributed by atoms with van der Waals surface area (Å²) >= 11 is 5.67. The monoisotopic (exact) mass is 373 g/mol. The van der Waals surface area contributed by atoms with E-state index in [9.17, 15) is 13.2 Å². The first-order chi connectivity index (χ1) is 8.99. The molecule has 0 amide bonds. The van der Waals surface area contributed by atoms with Crippen molar-refractivity contribution in [2.24, 2.45) is 0 Å². The zero-order valence-electron chi connectivity index (χ0n) is 10.4. The molecule has 1 heterocycles. The Balaban J connectivity index is 0.00000200. The summed E-state index contributed by atoms with van der Waals surface area (Å²) in [6.07, 6.45) is 3.27. The van der Waals surface area contributed by atoms with Crippen LogP contribution in [0, 0.1) is 11.9 Å². The van der Waals surface area contributed by atoms with E-state index in [0.29, 0.717) is 5.70 Å². The molecule has 0 unspecified atom stereocenters. The summed E-state index contributed by atoms with van der Waals surface area (Å²) in [5.74, 6) is -0.586. The molecule has 0 fully saturated rings. The van der Waals surface area contributed by atoms with Gasteiger partial charge in [-0.1, -0.05) is 35.5 Å². The number of alkyl halides is 2. The first-order valence-electron chi connectivity index (χ1n) is 5.49. The van der Waals surface area contributed by atoms with Gasteiger partial charge in [-0.05, 0) is 11.8 Å². The molecule has 1 aromatic rings. The van der Waals surface area contributed by atoms with E-state index in [1.54, 1.807) is 6.08 Å². The summed E-state index contributed by atoms with van der Waals surface area (Å²) in [5.41, 5.74) is 0.751. The van der Waals surface area contributed by atoms with Crippen LogP contribution in [0.2, 0.25) is 5.02 Å². The normalized spacial score (nSPS) is 14.3. The van der Waals surface area contributed by atoms with Crippen molar-refractivity contribution in [2.75, 3.05) is 6.54 Å². The molecule has 0 aliphatic carbocycles. The molecule has 0 bridgehead atoms. The Labute approximate surface area is 145 Å². The molecule has 2 rings (SSSR count). The largest absolute Gasteiger partial charge is 0.370 e. The summed E-state index contributed by atoms with van der Waals surface area (Å²) in [5, 5.41) is 0.243. The number of allylic oxidation sites excluding steroid dienone is 3. The minimum atomic E-state index is -2.56. The Morgan fingerprint density at radius 2 is 2.05 bits per heavy atom. The molecule has 1 radical (unpaired) electrons. The molecule has 103 valence electrons. The third-order valence-electron chi connectivity index (χ3n) is 2.62. The number of hydrogen-bond acceptors (Lipinski definition) is 1. The SMILES string of the molecule is C=C1C=C[C-]=C(c2ccc(Cl)cc2F)N1CC(F)F.[Y]. The van der Waals surface area contributed by atoms with E-state index in [-0.39, 0.29) is 49.0 Å². The second-order valence-corrected chi connectivity index (χ2v) is 4.38. The maximum atomic E-state index is 13.9. The fourth-order valence-corrected chi connectivity index (χ4v) is 1.94. The molecular formula is C14H10ClF3NY-. The van der Waals surface area contributed by atoms with Crippen LogP contribution >= 0.6 is 11.6 Å². The maximum Gasteiger partial charge on any atom is 0.256 e. The fraction of sp³-hybridized carbons (Fsp3) is 0.143. The van der Waals surface area contributed by atoms with Crippen molar-refractivity contribution in [2.45, 2.75) is 6.43 Å².